The first-order valence-electron chi connectivity index (χ1n) is 6.56. The van der Waals surface area contributed by atoms with Crippen molar-refractivity contribution in [3.05, 3.63) is 29.3 Å². The van der Waals surface area contributed by atoms with E-state index < -0.39 is 5.54 Å². The second-order valence-electron chi connectivity index (χ2n) is 5.38. The van der Waals surface area contributed by atoms with Gasteiger partial charge in [0.25, 0.3) is 0 Å². The van der Waals surface area contributed by atoms with E-state index in [1.54, 1.807) is 0 Å². The molecule has 2 aliphatic rings. The average molecular weight is 259 g/mol. The first-order valence-corrected chi connectivity index (χ1v) is 6.56. The zero-order chi connectivity index (χ0) is 13.5. The van der Waals surface area contributed by atoms with Crippen LogP contribution < -0.4 is 16.4 Å². The lowest BCUT2D eigenvalue weighted by atomic mass is 10.0. The minimum atomic E-state index is -0.623. The molecule has 3 rings (SSSR count). The van der Waals surface area contributed by atoms with Gasteiger partial charge in [0.1, 0.15) is 0 Å². The van der Waals surface area contributed by atoms with E-state index in [4.69, 9.17) is 5.73 Å². The third-order valence-electron chi connectivity index (χ3n) is 3.76. The Hall–Kier alpha value is -1.88. The SMILES string of the molecule is NC1(C(=O)NCc2ccc3c(c2)CCC(=O)N3)CC1. The van der Waals surface area contributed by atoms with Crippen LogP contribution in [0.2, 0.25) is 0 Å². The molecule has 1 aromatic carbocycles. The Kier molecular flexibility index (Phi) is 2.78. The van der Waals surface area contributed by atoms with Crippen LogP contribution in [0.3, 0.4) is 0 Å². The molecule has 19 heavy (non-hydrogen) atoms. The van der Waals surface area contributed by atoms with Crippen LogP contribution in [0.4, 0.5) is 5.69 Å². The van der Waals surface area contributed by atoms with Crippen LogP contribution in [0.15, 0.2) is 18.2 Å². The number of hydrogen-bond acceptors (Lipinski definition) is 3. The van der Waals surface area contributed by atoms with E-state index in [1.165, 1.54) is 0 Å². The van der Waals surface area contributed by atoms with Gasteiger partial charge in [0, 0.05) is 18.7 Å². The largest absolute Gasteiger partial charge is 0.350 e. The van der Waals surface area contributed by atoms with Crippen molar-refractivity contribution in [2.45, 2.75) is 37.8 Å². The van der Waals surface area contributed by atoms with Crippen LogP contribution in [0.25, 0.3) is 0 Å². The molecule has 1 fully saturated rings. The van der Waals surface area contributed by atoms with Crippen LogP contribution in [0, 0.1) is 0 Å². The Morgan fingerprint density at radius 2 is 2.16 bits per heavy atom. The van der Waals surface area contributed by atoms with Crippen LogP contribution in [0.1, 0.15) is 30.4 Å². The minimum absolute atomic E-state index is 0.0624. The van der Waals surface area contributed by atoms with Crippen LogP contribution in [0.5, 0.6) is 0 Å². The maximum atomic E-state index is 11.7. The monoisotopic (exact) mass is 259 g/mol. The topological polar surface area (TPSA) is 84.2 Å². The summed E-state index contributed by atoms with van der Waals surface area (Å²) in [6.07, 6.45) is 2.82. The van der Waals surface area contributed by atoms with Crippen molar-refractivity contribution >= 4 is 17.5 Å². The normalized spacial score (nSPS) is 19.3. The van der Waals surface area contributed by atoms with Gasteiger partial charge >= 0.3 is 0 Å². The molecule has 4 N–H and O–H groups in total. The average Bonchev–Trinajstić information content (AvgIpc) is 3.15. The van der Waals surface area contributed by atoms with Crippen LogP contribution in [-0.2, 0) is 22.6 Å². The first-order chi connectivity index (χ1) is 9.07. The minimum Gasteiger partial charge on any atom is -0.350 e. The van der Waals surface area contributed by atoms with Crippen LogP contribution >= 0.6 is 0 Å². The van der Waals surface area contributed by atoms with Gasteiger partial charge < -0.3 is 16.4 Å². The number of aryl methyl sites for hydroxylation is 1. The van der Waals surface area contributed by atoms with Gasteiger partial charge in [-0.3, -0.25) is 9.59 Å². The predicted molar refractivity (Wildman–Crippen MR) is 71.4 cm³/mol. The quantitative estimate of drug-likeness (QED) is 0.746. The van der Waals surface area contributed by atoms with Crippen molar-refractivity contribution in [1.82, 2.24) is 5.32 Å². The summed E-state index contributed by atoms with van der Waals surface area (Å²) in [5, 5.41) is 5.71. The number of nitrogens with one attached hydrogen (secondary N) is 2. The maximum absolute atomic E-state index is 11.7. The highest BCUT2D eigenvalue weighted by molar-refractivity contribution is 5.94. The maximum Gasteiger partial charge on any atom is 0.240 e. The van der Waals surface area contributed by atoms with Crippen molar-refractivity contribution < 1.29 is 9.59 Å². The summed E-state index contributed by atoms with van der Waals surface area (Å²) in [5.74, 6) is -0.00844. The van der Waals surface area contributed by atoms with Crippen molar-refractivity contribution in [3.8, 4) is 0 Å². The highest BCUT2D eigenvalue weighted by Gasteiger charge is 2.45. The number of fused-ring (bicyclic) bond motifs is 1. The first kappa shape index (κ1) is 12.2. The lowest BCUT2D eigenvalue weighted by molar-refractivity contribution is -0.123. The molecule has 2 amide bonds. The van der Waals surface area contributed by atoms with Gasteiger partial charge in [-0.05, 0) is 36.5 Å². The number of carbonyl (C=O) groups is 2. The van der Waals surface area contributed by atoms with Crippen molar-refractivity contribution in [2.75, 3.05) is 5.32 Å². The Bertz CT molecular complexity index is 550. The Labute approximate surface area is 111 Å². The fourth-order valence-electron chi connectivity index (χ4n) is 2.27. The molecule has 1 saturated carbocycles. The predicted octanol–water partition coefficient (Wildman–Crippen LogP) is 0.679. The fourth-order valence-corrected chi connectivity index (χ4v) is 2.27. The molecule has 5 heteroatoms. The molecule has 0 spiro atoms. The van der Waals surface area contributed by atoms with Crippen molar-refractivity contribution in [2.24, 2.45) is 5.73 Å². The molecule has 0 aromatic heterocycles. The summed E-state index contributed by atoms with van der Waals surface area (Å²) in [4.78, 5) is 23.0. The molecular formula is C14H17N3O2. The van der Waals surface area contributed by atoms with E-state index in [0.717, 1.165) is 36.1 Å². The van der Waals surface area contributed by atoms with Gasteiger partial charge in [-0.15, -0.1) is 0 Å². The van der Waals surface area contributed by atoms with E-state index in [2.05, 4.69) is 10.6 Å². The lowest BCUT2D eigenvalue weighted by Gasteiger charge is -2.18. The molecule has 100 valence electrons. The number of rotatable bonds is 3. The molecule has 1 aliphatic heterocycles. The van der Waals surface area contributed by atoms with E-state index in [-0.39, 0.29) is 11.8 Å². The van der Waals surface area contributed by atoms with Gasteiger partial charge in [0.15, 0.2) is 0 Å². The lowest BCUT2D eigenvalue weighted by Crippen LogP contribution is -2.42. The number of carbonyl (C=O) groups excluding carboxylic acids is 2. The smallest absolute Gasteiger partial charge is 0.240 e. The number of amides is 2. The summed E-state index contributed by atoms with van der Waals surface area (Å²) < 4.78 is 0. The number of anilines is 1. The number of nitrogens with two attached hydrogens (primary N) is 1. The molecular weight excluding hydrogens is 242 g/mol. The zero-order valence-corrected chi connectivity index (χ0v) is 10.7. The molecule has 5 nitrogen and oxygen atoms in total. The number of benzene rings is 1. The summed E-state index contributed by atoms with van der Waals surface area (Å²) in [5.41, 5.74) is 8.24. The van der Waals surface area contributed by atoms with Gasteiger partial charge in [0.2, 0.25) is 11.8 Å². The molecule has 1 aromatic rings. The number of hydrogen-bond donors (Lipinski definition) is 3. The Balaban J connectivity index is 1.66. The highest BCUT2D eigenvalue weighted by Crippen LogP contribution is 2.32. The molecule has 0 unspecified atom stereocenters. The van der Waals surface area contributed by atoms with E-state index in [0.29, 0.717) is 13.0 Å². The molecule has 0 saturated heterocycles. The Morgan fingerprint density at radius 3 is 2.89 bits per heavy atom. The van der Waals surface area contributed by atoms with Gasteiger partial charge in [-0.2, -0.15) is 0 Å². The van der Waals surface area contributed by atoms with Gasteiger partial charge in [-0.1, -0.05) is 12.1 Å². The molecule has 0 atom stereocenters. The fraction of sp³-hybridized carbons (Fsp3) is 0.429. The summed E-state index contributed by atoms with van der Waals surface area (Å²) in [7, 11) is 0. The molecule has 1 aliphatic carbocycles. The Morgan fingerprint density at radius 1 is 1.37 bits per heavy atom. The molecule has 0 bridgehead atoms. The van der Waals surface area contributed by atoms with Gasteiger partial charge in [-0.25, -0.2) is 0 Å². The summed E-state index contributed by atoms with van der Waals surface area (Å²) in [6, 6.07) is 5.84. The van der Waals surface area contributed by atoms with E-state index >= 15 is 0 Å². The third kappa shape index (κ3) is 2.46. The van der Waals surface area contributed by atoms with E-state index in [9.17, 15) is 9.59 Å². The summed E-state index contributed by atoms with van der Waals surface area (Å²) in [6.45, 7) is 0.485. The second kappa shape index (κ2) is 4.35. The standard InChI is InChI=1S/C14H17N3O2/c15-14(5-6-14)13(19)16-8-9-1-3-11-10(7-9)2-4-12(18)17-11/h1,3,7H,2,4-6,8,15H2,(H,16,19)(H,17,18). The van der Waals surface area contributed by atoms with E-state index in [1.807, 2.05) is 18.2 Å². The van der Waals surface area contributed by atoms with Crippen molar-refractivity contribution in [1.29, 1.82) is 0 Å². The second-order valence-corrected chi connectivity index (χ2v) is 5.38. The van der Waals surface area contributed by atoms with Crippen LogP contribution in [-0.4, -0.2) is 17.4 Å². The summed E-state index contributed by atoms with van der Waals surface area (Å²) >= 11 is 0. The third-order valence-corrected chi connectivity index (χ3v) is 3.76. The highest BCUT2D eigenvalue weighted by atomic mass is 16.2. The molecule has 0 radical (unpaired) electrons. The zero-order valence-electron chi connectivity index (χ0n) is 10.7. The van der Waals surface area contributed by atoms with Gasteiger partial charge in [0.05, 0.1) is 5.54 Å². The van der Waals surface area contributed by atoms with Crippen molar-refractivity contribution in [3.63, 3.8) is 0 Å². The molecule has 1 heterocycles.